The molecule has 6 heteroatoms. The van der Waals surface area contributed by atoms with Gasteiger partial charge >= 0.3 is 0 Å². The van der Waals surface area contributed by atoms with E-state index in [9.17, 15) is 9.59 Å². The standard InChI is InChI=1S/C24H30N4O2/c1-19(17-21-11-5-3-6-12-21)25-27-23(29)15-9-10-16-24(30)28-26-20(2)18-22-13-7-4-8-14-22/h3-8,11-14H,9-10,15-18H2,1-2H3,(H,27,29)(H,28,30)/b25-19-,26-20-. The Morgan fingerprint density at radius 3 is 1.40 bits per heavy atom. The van der Waals surface area contributed by atoms with Gasteiger partial charge in [-0.3, -0.25) is 9.59 Å². The maximum absolute atomic E-state index is 11.9. The van der Waals surface area contributed by atoms with Crippen LogP contribution in [0.25, 0.3) is 0 Å². The van der Waals surface area contributed by atoms with E-state index in [1.807, 2.05) is 74.5 Å². The van der Waals surface area contributed by atoms with Crippen LogP contribution in [0.15, 0.2) is 70.9 Å². The number of hydrogen-bond acceptors (Lipinski definition) is 4. The molecular formula is C24H30N4O2. The van der Waals surface area contributed by atoms with Crippen LogP contribution >= 0.6 is 0 Å². The molecule has 0 aliphatic rings. The molecular weight excluding hydrogens is 376 g/mol. The van der Waals surface area contributed by atoms with Crippen molar-refractivity contribution in [3.05, 3.63) is 71.8 Å². The van der Waals surface area contributed by atoms with Crippen LogP contribution in [0.1, 0.15) is 50.7 Å². The van der Waals surface area contributed by atoms with Gasteiger partial charge < -0.3 is 0 Å². The van der Waals surface area contributed by atoms with Gasteiger partial charge in [-0.2, -0.15) is 10.2 Å². The number of nitrogens with one attached hydrogen (secondary N) is 2. The number of hydrogen-bond donors (Lipinski definition) is 2. The highest BCUT2D eigenvalue weighted by molar-refractivity contribution is 5.86. The van der Waals surface area contributed by atoms with E-state index in [2.05, 4.69) is 21.1 Å². The predicted molar refractivity (Wildman–Crippen MR) is 121 cm³/mol. The van der Waals surface area contributed by atoms with Gasteiger partial charge in [0.15, 0.2) is 0 Å². The largest absolute Gasteiger partial charge is 0.273 e. The van der Waals surface area contributed by atoms with Gasteiger partial charge in [0.2, 0.25) is 11.8 Å². The molecule has 0 aromatic heterocycles. The van der Waals surface area contributed by atoms with Gasteiger partial charge in [0.1, 0.15) is 0 Å². The minimum absolute atomic E-state index is 0.139. The maximum Gasteiger partial charge on any atom is 0.240 e. The second-order valence-corrected chi connectivity index (χ2v) is 7.30. The first-order valence-corrected chi connectivity index (χ1v) is 10.2. The smallest absolute Gasteiger partial charge is 0.240 e. The summed E-state index contributed by atoms with van der Waals surface area (Å²) in [6.07, 6.45) is 3.33. The minimum Gasteiger partial charge on any atom is -0.273 e. The lowest BCUT2D eigenvalue weighted by molar-refractivity contribution is -0.123. The summed E-state index contributed by atoms with van der Waals surface area (Å²) < 4.78 is 0. The van der Waals surface area contributed by atoms with Crippen LogP contribution in [-0.4, -0.2) is 23.2 Å². The van der Waals surface area contributed by atoms with Crippen LogP contribution in [0.4, 0.5) is 0 Å². The average molecular weight is 407 g/mol. The molecule has 0 aliphatic carbocycles. The monoisotopic (exact) mass is 406 g/mol. The second-order valence-electron chi connectivity index (χ2n) is 7.30. The van der Waals surface area contributed by atoms with Crippen molar-refractivity contribution in [2.24, 2.45) is 10.2 Å². The fraction of sp³-hybridized carbons (Fsp3) is 0.333. The molecule has 0 heterocycles. The maximum atomic E-state index is 11.9. The topological polar surface area (TPSA) is 82.9 Å². The molecule has 30 heavy (non-hydrogen) atoms. The molecule has 2 rings (SSSR count). The Hall–Kier alpha value is -3.28. The van der Waals surface area contributed by atoms with E-state index in [1.165, 1.54) is 0 Å². The van der Waals surface area contributed by atoms with Gasteiger partial charge in [-0.25, -0.2) is 10.9 Å². The van der Waals surface area contributed by atoms with Gasteiger partial charge in [0.05, 0.1) is 0 Å². The molecule has 2 aromatic rings. The third-order valence-electron chi connectivity index (χ3n) is 4.41. The SMILES string of the molecule is C/C(Cc1ccccc1)=N/NC(=O)CCCCC(=O)N/N=C(/C)Cc1ccccc1. The molecule has 0 bridgehead atoms. The summed E-state index contributed by atoms with van der Waals surface area (Å²) in [6, 6.07) is 20.0. The molecule has 2 N–H and O–H groups in total. The number of carbonyl (C=O) groups excluding carboxylic acids is 2. The fourth-order valence-corrected chi connectivity index (χ4v) is 2.86. The Morgan fingerprint density at radius 2 is 1.03 bits per heavy atom. The predicted octanol–water partition coefficient (Wildman–Crippen LogP) is 4.02. The Bertz CT molecular complexity index is 788. The molecule has 0 radical (unpaired) electrons. The molecule has 0 spiro atoms. The van der Waals surface area contributed by atoms with Crippen molar-refractivity contribution in [3.63, 3.8) is 0 Å². The Kier molecular flexibility index (Phi) is 10.00. The number of hydrazone groups is 2. The van der Waals surface area contributed by atoms with E-state index in [1.54, 1.807) is 0 Å². The van der Waals surface area contributed by atoms with Crippen LogP contribution in [0, 0.1) is 0 Å². The number of carbonyl (C=O) groups is 2. The first-order valence-electron chi connectivity index (χ1n) is 10.2. The number of amides is 2. The van der Waals surface area contributed by atoms with Crippen molar-refractivity contribution in [2.45, 2.75) is 52.4 Å². The summed E-state index contributed by atoms with van der Waals surface area (Å²) in [5.41, 5.74) is 9.16. The zero-order valence-electron chi connectivity index (χ0n) is 17.7. The summed E-state index contributed by atoms with van der Waals surface area (Å²) in [6.45, 7) is 3.77. The number of nitrogens with zero attached hydrogens (tertiary/aromatic N) is 2. The normalized spacial score (nSPS) is 11.8. The third-order valence-corrected chi connectivity index (χ3v) is 4.41. The molecule has 2 amide bonds. The Labute approximate surface area is 178 Å². The zero-order valence-corrected chi connectivity index (χ0v) is 17.7. The van der Waals surface area contributed by atoms with E-state index in [0.29, 0.717) is 38.5 Å². The quantitative estimate of drug-likeness (QED) is 0.336. The summed E-state index contributed by atoms with van der Waals surface area (Å²) in [7, 11) is 0. The van der Waals surface area contributed by atoms with Crippen LogP contribution in [-0.2, 0) is 22.4 Å². The lowest BCUT2D eigenvalue weighted by Gasteiger charge is -2.04. The van der Waals surface area contributed by atoms with E-state index < -0.39 is 0 Å². The summed E-state index contributed by atoms with van der Waals surface area (Å²) in [5, 5.41) is 8.27. The van der Waals surface area contributed by atoms with Crippen molar-refractivity contribution in [1.29, 1.82) is 0 Å². The van der Waals surface area contributed by atoms with E-state index in [-0.39, 0.29) is 11.8 Å². The fourth-order valence-electron chi connectivity index (χ4n) is 2.86. The molecule has 0 atom stereocenters. The lowest BCUT2D eigenvalue weighted by atomic mass is 10.1. The number of unbranched alkanes of at least 4 members (excludes halogenated alkanes) is 1. The van der Waals surface area contributed by atoms with Crippen molar-refractivity contribution in [2.75, 3.05) is 0 Å². The molecule has 6 nitrogen and oxygen atoms in total. The van der Waals surface area contributed by atoms with Crippen molar-refractivity contribution >= 4 is 23.2 Å². The molecule has 158 valence electrons. The van der Waals surface area contributed by atoms with Crippen LogP contribution < -0.4 is 10.9 Å². The van der Waals surface area contributed by atoms with Crippen molar-refractivity contribution < 1.29 is 9.59 Å². The van der Waals surface area contributed by atoms with E-state index >= 15 is 0 Å². The molecule has 0 fully saturated rings. The van der Waals surface area contributed by atoms with Gasteiger partial charge in [-0.05, 0) is 37.8 Å². The molecule has 0 saturated carbocycles. The van der Waals surface area contributed by atoms with Gasteiger partial charge in [0.25, 0.3) is 0 Å². The van der Waals surface area contributed by atoms with Gasteiger partial charge in [-0.1, -0.05) is 60.7 Å². The van der Waals surface area contributed by atoms with E-state index in [0.717, 1.165) is 22.6 Å². The van der Waals surface area contributed by atoms with Crippen LogP contribution in [0.3, 0.4) is 0 Å². The minimum atomic E-state index is -0.139. The van der Waals surface area contributed by atoms with Crippen LogP contribution in [0.5, 0.6) is 0 Å². The highest BCUT2D eigenvalue weighted by atomic mass is 16.2. The number of benzene rings is 2. The van der Waals surface area contributed by atoms with Crippen molar-refractivity contribution in [1.82, 2.24) is 10.9 Å². The Balaban J connectivity index is 1.58. The summed E-state index contributed by atoms with van der Waals surface area (Å²) >= 11 is 0. The Morgan fingerprint density at radius 1 is 0.667 bits per heavy atom. The highest BCUT2D eigenvalue weighted by Gasteiger charge is 2.04. The first-order chi connectivity index (χ1) is 14.5. The van der Waals surface area contributed by atoms with Crippen LogP contribution in [0.2, 0.25) is 0 Å². The molecule has 0 aliphatic heterocycles. The second kappa shape index (κ2) is 13.0. The van der Waals surface area contributed by atoms with E-state index in [4.69, 9.17) is 0 Å². The lowest BCUT2D eigenvalue weighted by Crippen LogP contribution is -2.20. The summed E-state index contributed by atoms with van der Waals surface area (Å²) in [4.78, 5) is 23.8. The van der Waals surface area contributed by atoms with Gasteiger partial charge in [-0.15, -0.1) is 0 Å². The third kappa shape index (κ3) is 9.78. The molecule has 2 aromatic carbocycles. The highest BCUT2D eigenvalue weighted by Crippen LogP contribution is 2.03. The molecule has 0 saturated heterocycles. The average Bonchev–Trinajstić information content (AvgIpc) is 2.75. The van der Waals surface area contributed by atoms with Crippen molar-refractivity contribution in [3.8, 4) is 0 Å². The zero-order chi connectivity index (χ0) is 21.6. The van der Waals surface area contributed by atoms with Gasteiger partial charge in [0, 0.05) is 37.1 Å². The summed E-state index contributed by atoms with van der Waals surface area (Å²) in [5.74, 6) is -0.279. The number of rotatable bonds is 11. The molecule has 0 unspecified atom stereocenters. The first kappa shape index (κ1) is 23.0.